The molecule has 2 aromatic rings. The number of hydrogen-bond acceptors (Lipinski definition) is 3. The van der Waals surface area contributed by atoms with Gasteiger partial charge in [0, 0.05) is 30.5 Å². The maximum Gasteiger partial charge on any atom is 0.163 e. The number of carbonyl (C=O) groups is 1. The van der Waals surface area contributed by atoms with Gasteiger partial charge < -0.3 is 4.90 Å². The van der Waals surface area contributed by atoms with E-state index in [4.69, 9.17) is 22.4 Å². The molecule has 0 amide bonds. The van der Waals surface area contributed by atoms with E-state index < -0.39 is 5.82 Å². The van der Waals surface area contributed by atoms with E-state index >= 15 is 0 Å². The predicted molar refractivity (Wildman–Crippen MR) is 150 cm³/mol. The van der Waals surface area contributed by atoms with Gasteiger partial charge in [-0.2, -0.15) is 0 Å². The Morgan fingerprint density at radius 1 is 1.14 bits per heavy atom. The molecule has 0 heterocycles. The third-order valence-corrected chi connectivity index (χ3v) is 7.54. The molecule has 4 nitrogen and oxygen atoms in total. The SMILES string of the molecule is C/C1=C/C(CCl)=C\C(CCC2CC(=O)c3cc(-c4ccc(F)cc4C(=N)N(C)C=N)ccc3C2)=C/CC1. The molecule has 1 atom stereocenters. The summed E-state index contributed by atoms with van der Waals surface area (Å²) in [5.41, 5.74) is 7.37. The molecule has 2 aliphatic rings. The lowest BCUT2D eigenvalue weighted by atomic mass is 9.79. The summed E-state index contributed by atoms with van der Waals surface area (Å²) in [6.45, 7) is 2.14. The van der Waals surface area contributed by atoms with Gasteiger partial charge in [0.15, 0.2) is 5.78 Å². The number of benzene rings is 2. The van der Waals surface area contributed by atoms with Crippen molar-refractivity contribution in [3.8, 4) is 11.1 Å². The van der Waals surface area contributed by atoms with Crippen LogP contribution in [0.5, 0.6) is 0 Å². The fourth-order valence-electron chi connectivity index (χ4n) is 5.19. The van der Waals surface area contributed by atoms with Gasteiger partial charge in [-0.1, -0.05) is 47.6 Å². The number of hydrogen-bond donors (Lipinski definition) is 2. The lowest BCUT2D eigenvalue weighted by Gasteiger charge is -2.25. The minimum Gasteiger partial charge on any atom is -0.321 e. The molecule has 192 valence electrons. The van der Waals surface area contributed by atoms with Crippen LogP contribution in [-0.4, -0.2) is 35.8 Å². The Morgan fingerprint density at radius 3 is 2.70 bits per heavy atom. The van der Waals surface area contributed by atoms with E-state index in [0.717, 1.165) is 55.1 Å². The number of nitrogens with one attached hydrogen (secondary N) is 2. The molecule has 4 rings (SSSR count). The molecule has 0 spiro atoms. The van der Waals surface area contributed by atoms with Crippen LogP contribution >= 0.6 is 11.6 Å². The quantitative estimate of drug-likeness (QED) is 0.224. The van der Waals surface area contributed by atoms with Gasteiger partial charge in [0.1, 0.15) is 11.7 Å². The molecule has 0 saturated heterocycles. The van der Waals surface area contributed by atoms with E-state index in [1.54, 1.807) is 13.1 Å². The molecule has 1 unspecified atom stereocenters. The average molecular weight is 518 g/mol. The van der Waals surface area contributed by atoms with Crippen LogP contribution in [0.4, 0.5) is 4.39 Å². The normalized spacial score (nSPS) is 21.8. The Hall–Kier alpha value is -3.31. The molecule has 6 heteroatoms. The summed E-state index contributed by atoms with van der Waals surface area (Å²) in [5.74, 6) is 0.495. The molecular weight excluding hydrogens is 485 g/mol. The van der Waals surface area contributed by atoms with Crippen molar-refractivity contribution in [2.45, 2.75) is 45.4 Å². The summed E-state index contributed by atoms with van der Waals surface area (Å²) in [5, 5.41) is 15.8. The summed E-state index contributed by atoms with van der Waals surface area (Å²) >= 11 is 6.15. The maximum absolute atomic E-state index is 14.0. The molecule has 2 aliphatic carbocycles. The number of amidine groups is 1. The fourth-order valence-corrected chi connectivity index (χ4v) is 5.35. The second-order valence-electron chi connectivity index (χ2n) is 10.0. The van der Waals surface area contributed by atoms with Gasteiger partial charge in [-0.15, -0.1) is 11.6 Å². The van der Waals surface area contributed by atoms with E-state index in [9.17, 15) is 9.18 Å². The van der Waals surface area contributed by atoms with Crippen molar-refractivity contribution in [2.75, 3.05) is 12.9 Å². The summed E-state index contributed by atoms with van der Waals surface area (Å²) in [7, 11) is 1.58. The van der Waals surface area contributed by atoms with Crippen molar-refractivity contribution in [3.05, 3.63) is 93.9 Å². The zero-order valence-electron chi connectivity index (χ0n) is 21.4. The number of allylic oxidation sites excluding steroid dienone is 6. The van der Waals surface area contributed by atoms with Gasteiger partial charge in [-0.3, -0.25) is 15.6 Å². The first kappa shape index (κ1) is 26.7. The predicted octanol–water partition coefficient (Wildman–Crippen LogP) is 7.71. The van der Waals surface area contributed by atoms with Gasteiger partial charge in [-0.25, -0.2) is 4.39 Å². The van der Waals surface area contributed by atoms with Crippen LogP contribution in [0.25, 0.3) is 11.1 Å². The Labute approximate surface area is 223 Å². The molecule has 0 saturated carbocycles. The first-order valence-electron chi connectivity index (χ1n) is 12.7. The Morgan fingerprint density at radius 2 is 1.95 bits per heavy atom. The molecule has 0 radical (unpaired) electrons. The first-order valence-corrected chi connectivity index (χ1v) is 13.2. The molecule has 0 aromatic heterocycles. The second kappa shape index (κ2) is 11.8. The molecule has 0 aliphatic heterocycles. The Kier molecular flexibility index (Phi) is 8.55. The van der Waals surface area contributed by atoms with Crippen molar-refractivity contribution >= 4 is 29.6 Å². The third-order valence-electron chi connectivity index (χ3n) is 7.23. The highest BCUT2D eigenvalue weighted by Crippen LogP contribution is 2.34. The molecule has 2 aromatic carbocycles. The summed E-state index contributed by atoms with van der Waals surface area (Å²) in [4.78, 5) is 14.5. The summed E-state index contributed by atoms with van der Waals surface area (Å²) in [6, 6.07) is 10.1. The zero-order chi connectivity index (χ0) is 26.5. The smallest absolute Gasteiger partial charge is 0.163 e. The second-order valence-corrected chi connectivity index (χ2v) is 10.3. The van der Waals surface area contributed by atoms with Crippen molar-refractivity contribution in [1.29, 1.82) is 10.8 Å². The standard InChI is InChI=1S/C31H33ClFN3O/c1-20-4-3-5-21(13-23(12-20)18-32)6-7-22-14-24-8-9-25(16-28(24)30(37)15-22)27-11-10-26(33)17-29(27)31(35)36(2)19-34/h5,8-13,16-17,19,22,34-35H,3-4,6-7,14-15,18H2,1-2H3/b20-12-,21-5-,23-13+,34-19?,35-31?. The number of Topliss-reactive ketones (excluding diaryl/α,β-unsaturated/α-hetero) is 1. The van der Waals surface area contributed by atoms with E-state index in [0.29, 0.717) is 29.0 Å². The minimum atomic E-state index is -0.447. The number of carbonyl (C=O) groups excluding carboxylic acids is 1. The van der Waals surface area contributed by atoms with E-state index in [1.807, 2.05) is 18.2 Å². The van der Waals surface area contributed by atoms with Crippen molar-refractivity contribution in [3.63, 3.8) is 0 Å². The topological polar surface area (TPSA) is 68.0 Å². The largest absolute Gasteiger partial charge is 0.321 e. The van der Waals surface area contributed by atoms with Crippen LogP contribution in [0.15, 0.2) is 71.3 Å². The molecule has 0 fully saturated rings. The average Bonchev–Trinajstić information content (AvgIpc) is 2.88. The third kappa shape index (κ3) is 6.34. The van der Waals surface area contributed by atoms with Crippen molar-refractivity contribution in [2.24, 2.45) is 5.92 Å². The number of fused-ring (bicyclic) bond motifs is 1. The highest BCUT2D eigenvalue weighted by Gasteiger charge is 2.26. The summed E-state index contributed by atoms with van der Waals surface area (Å²) in [6.07, 6.45) is 13.0. The van der Waals surface area contributed by atoms with Crippen LogP contribution in [-0.2, 0) is 6.42 Å². The lowest BCUT2D eigenvalue weighted by molar-refractivity contribution is 0.0946. The number of nitrogens with zero attached hydrogens (tertiary/aromatic N) is 1. The van der Waals surface area contributed by atoms with Gasteiger partial charge >= 0.3 is 0 Å². The molecular formula is C31H33ClFN3O. The van der Waals surface area contributed by atoms with Crippen LogP contribution in [0, 0.1) is 22.6 Å². The number of alkyl halides is 1. The lowest BCUT2D eigenvalue weighted by Crippen LogP contribution is -2.25. The van der Waals surface area contributed by atoms with E-state index in [2.05, 4.69) is 25.2 Å². The van der Waals surface area contributed by atoms with E-state index in [-0.39, 0.29) is 17.5 Å². The van der Waals surface area contributed by atoms with Crippen LogP contribution in [0.2, 0.25) is 0 Å². The van der Waals surface area contributed by atoms with Gasteiger partial charge in [0.05, 0.1) is 6.34 Å². The Bertz CT molecular complexity index is 1320. The zero-order valence-corrected chi connectivity index (χ0v) is 22.2. The molecule has 0 bridgehead atoms. The van der Waals surface area contributed by atoms with Crippen LogP contribution < -0.4 is 0 Å². The fraction of sp³-hybridized carbons (Fsp3) is 0.323. The molecule has 37 heavy (non-hydrogen) atoms. The van der Waals surface area contributed by atoms with Crippen LogP contribution in [0.1, 0.15) is 60.5 Å². The Balaban J connectivity index is 1.53. The number of ketones is 1. The van der Waals surface area contributed by atoms with Gasteiger partial charge in [0.2, 0.25) is 0 Å². The molecule has 2 N–H and O–H groups in total. The number of halogens is 2. The highest BCUT2D eigenvalue weighted by molar-refractivity contribution is 6.19. The van der Waals surface area contributed by atoms with Gasteiger partial charge in [-0.05, 0) is 85.4 Å². The monoisotopic (exact) mass is 517 g/mol. The van der Waals surface area contributed by atoms with E-state index in [1.165, 1.54) is 28.2 Å². The minimum absolute atomic E-state index is 0.0224. The maximum atomic E-state index is 14.0. The van der Waals surface area contributed by atoms with Gasteiger partial charge in [0.25, 0.3) is 0 Å². The van der Waals surface area contributed by atoms with Crippen molar-refractivity contribution in [1.82, 2.24) is 4.90 Å². The number of rotatable bonds is 7. The summed E-state index contributed by atoms with van der Waals surface area (Å²) < 4.78 is 14.0. The van der Waals surface area contributed by atoms with Crippen LogP contribution in [0.3, 0.4) is 0 Å². The first-order chi connectivity index (χ1) is 17.8. The van der Waals surface area contributed by atoms with Crippen molar-refractivity contribution < 1.29 is 9.18 Å². The highest BCUT2D eigenvalue weighted by atomic mass is 35.5.